The van der Waals surface area contributed by atoms with E-state index in [1.165, 1.54) is 19.2 Å². The number of amides is 1. The number of methoxy groups -OCH3 is 1. The first-order chi connectivity index (χ1) is 15.8. The fourth-order valence-corrected chi connectivity index (χ4v) is 4.50. The molecule has 7 nitrogen and oxygen atoms in total. The number of aryl methyl sites for hydroxylation is 2. The summed E-state index contributed by atoms with van der Waals surface area (Å²) in [5, 5.41) is 2.73. The van der Waals surface area contributed by atoms with Gasteiger partial charge in [-0.15, -0.1) is 0 Å². The van der Waals surface area contributed by atoms with E-state index >= 15 is 0 Å². The van der Waals surface area contributed by atoms with Gasteiger partial charge in [0.2, 0.25) is 5.91 Å². The number of carbonyl (C=O) groups is 1. The average Bonchev–Trinajstić information content (AvgIpc) is 2.82. The molecule has 0 bridgehead atoms. The van der Waals surface area contributed by atoms with E-state index in [1.807, 2.05) is 38.1 Å². The van der Waals surface area contributed by atoms with Crippen LogP contribution in [0.1, 0.15) is 11.1 Å². The standard InChI is InChI=1S/C25H28N2O5S/c1-19-4-8-21(9-5-19)27(33(29,30)24-14-12-22(31-3)13-15-24)18-25(28)26-16-17-32-23-10-6-20(2)7-11-23/h4-15H,16-18H2,1-3H3,(H,26,28). The normalized spacial score (nSPS) is 11.0. The summed E-state index contributed by atoms with van der Waals surface area (Å²) >= 11 is 0. The second-order valence-electron chi connectivity index (χ2n) is 7.53. The Balaban J connectivity index is 1.70. The average molecular weight is 469 g/mol. The van der Waals surface area contributed by atoms with Gasteiger partial charge in [-0.2, -0.15) is 0 Å². The predicted molar refractivity (Wildman–Crippen MR) is 128 cm³/mol. The molecule has 0 saturated carbocycles. The molecule has 0 spiro atoms. The van der Waals surface area contributed by atoms with Gasteiger partial charge in [-0.25, -0.2) is 8.42 Å². The number of sulfonamides is 1. The van der Waals surface area contributed by atoms with Crippen LogP contribution in [0.3, 0.4) is 0 Å². The van der Waals surface area contributed by atoms with Crippen LogP contribution >= 0.6 is 0 Å². The van der Waals surface area contributed by atoms with Gasteiger partial charge in [0.05, 0.1) is 24.2 Å². The molecule has 3 rings (SSSR count). The van der Waals surface area contributed by atoms with Crippen LogP contribution < -0.4 is 19.1 Å². The largest absolute Gasteiger partial charge is 0.497 e. The van der Waals surface area contributed by atoms with Gasteiger partial charge in [0.15, 0.2) is 0 Å². The lowest BCUT2D eigenvalue weighted by molar-refractivity contribution is -0.119. The van der Waals surface area contributed by atoms with E-state index in [9.17, 15) is 13.2 Å². The van der Waals surface area contributed by atoms with E-state index in [2.05, 4.69) is 5.32 Å². The van der Waals surface area contributed by atoms with Crippen LogP contribution in [-0.2, 0) is 14.8 Å². The van der Waals surface area contributed by atoms with Gasteiger partial charge in [-0.1, -0.05) is 35.4 Å². The number of carbonyl (C=O) groups excluding carboxylic acids is 1. The van der Waals surface area contributed by atoms with Crippen LogP contribution in [0.25, 0.3) is 0 Å². The fraction of sp³-hybridized carbons (Fsp3) is 0.240. The van der Waals surface area contributed by atoms with Crippen molar-refractivity contribution < 1.29 is 22.7 Å². The van der Waals surface area contributed by atoms with Gasteiger partial charge in [-0.3, -0.25) is 9.10 Å². The van der Waals surface area contributed by atoms with E-state index in [4.69, 9.17) is 9.47 Å². The van der Waals surface area contributed by atoms with Crippen LogP contribution in [0.4, 0.5) is 5.69 Å². The third kappa shape index (κ3) is 6.49. The number of hydrogen-bond donors (Lipinski definition) is 1. The number of hydrogen-bond acceptors (Lipinski definition) is 5. The van der Waals surface area contributed by atoms with Crippen molar-refractivity contribution in [3.63, 3.8) is 0 Å². The van der Waals surface area contributed by atoms with Gasteiger partial charge in [-0.05, 0) is 62.4 Å². The second-order valence-corrected chi connectivity index (χ2v) is 9.40. The van der Waals surface area contributed by atoms with Gasteiger partial charge in [0.1, 0.15) is 24.7 Å². The van der Waals surface area contributed by atoms with Crippen molar-refractivity contribution in [2.75, 3.05) is 31.1 Å². The molecule has 0 aliphatic rings. The Bertz CT molecular complexity index is 1160. The van der Waals surface area contributed by atoms with Crippen LogP contribution in [0.15, 0.2) is 77.7 Å². The lowest BCUT2D eigenvalue weighted by Crippen LogP contribution is -2.41. The van der Waals surface area contributed by atoms with Gasteiger partial charge >= 0.3 is 0 Å². The Kier molecular flexibility index (Phi) is 7.95. The number of nitrogens with one attached hydrogen (secondary N) is 1. The number of anilines is 1. The highest BCUT2D eigenvalue weighted by Crippen LogP contribution is 2.25. The first-order valence-corrected chi connectivity index (χ1v) is 11.9. The van der Waals surface area contributed by atoms with E-state index in [1.54, 1.807) is 36.4 Å². The Morgan fingerprint density at radius 3 is 1.97 bits per heavy atom. The SMILES string of the molecule is COc1ccc(S(=O)(=O)N(CC(=O)NCCOc2ccc(C)cc2)c2ccc(C)cc2)cc1. The minimum Gasteiger partial charge on any atom is -0.497 e. The highest BCUT2D eigenvalue weighted by Gasteiger charge is 2.27. The molecule has 0 unspecified atom stereocenters. The molecule has 8 heteroatoms. The third-order valence-electron chi connectivity index (χ3n) is 4.97. The van der Waals surface area contributed by atoms with Gasteiger partial charge in [0.25, 0.3) is 10.0 Å². The van der Waals surface area contributed by atoms with Crippen molar-refractivity contribution in [1.29, 1.82) is 0 Å². The Hall–Kier alpha value is -3.52. The summed E-state index contributed by atoms with van der Waals surface area (Å²) in [6.45, 7) is 4.06. The van der Waals surface area contributed by atoms with E-state index < -0.39 is 15.9 Å². The summed E-state index contributed by atoms with van der Waals surface area (Å²) in [6, 6.07) is 20.6. The summed E-state index contributed by atoms with van der Waals surface area (Å²) in [4.78, 5) is 12.7. The Labute approximate surface area is 195 Å². The lowest BCUT2D eigenvalue weighted by Gasteiger charge is -2.24. The minimum atomic E-state index is -3.98. The zero-order valence-corrected chi connectivity index (χ0v) is 19.8. The van der Waals surface area contributed by atoms with Crippen molar-refractivity contribution in [2.24, 2.45) is 0 Å². The maximum atomic E-state index is 13.4. The minimum absolute atomic E-state index is 0.0689. The number of ether oxygens (including phenoxy) is 2. The molecule has 3 aromatic carbocycles. The first-order valence-electron chi connectivity index (χ1n) is 10.5. The number of benzene rings is 3. The van der Waals surface area contributed by atoms with Crippen molar-refractivity contribution in [3.05, 3.63) is 83.9 Å². The molecule has 1 N–H and O–H groups in total. The molecule has 0 aromatic heterocycles. The summed E-state index contributed by atoms with van der Waals surface area (Å²) in [5.41, 5.74) is 2.52. The molecule has 0 aliphatic heterocycles. The maximum absolute atomic E-state index is 13.4. The maximum Gasteiger partial charge on any atom is 0.264 e. The van der Waals surface area contributed by atoms with Crippen molar-refractivity contribution >= 4 is 21.6 Å². The molecule has 33 heavy (non-hydrogen) atoms. The summed E-state index contributed by atoms with van der Waals surface area (Å²) < 4.78 is 38.6. The van der Waals surface area contributed by atoms with E-state index in [0.29, 0.717) is 17.2 Å². The molecule has 0 heterocycles. The predicted octanol–water partition coefficient (Wildman–Crippen LogP) is 3.70. The first kappa shape index (κ1) is 24.1. The Morgan fingerprint density at radius 1 is 0.848 bits per heavy atom. The van der Waals surface area contributed by atoms with Crippen LogP contribution in [0.5, 0.6) is 11.5 Å². The summed E-state index contributed by atoms with van der Waals surface area (Å²) in [5.74, 6) is 0.820. The van der Waals surface area contributed by atoms with Crippen LogP contribution in [0, 0.1) is 13.8 Å². The van der Waals surface area contributed by atoms with E-state index in [-0.39, 0.29) is 24.6 Å². The summed E-state index contributed by atoms with van der Waals surface area (Å²) in [7, 11) is -2.47. The molecule has 3 aromatic rings. The van der Waals surface area contributed by atoms with Gasteiger partial charge < -0.3 is 14.8 Å². The topological polar surface area (TPSA) is 84.9 Å². The van der Waals surface area contributed by atoms with Gasteiger partial charge in [0, 0.05) is 0 Å². The van der Waals surface area contributed by atoms with E-state index in [0.717, 1.165) is 15.4 Å². The molecular weight excluding hydrogens is 440 g/mol. The zero-order valence-electron chi connectivity index (χ0n) is 18.9. The zero-order chi connectivity index (χ0) is 23.8. The molecular formula is C25H28N2O5S. The lowest BCUT2D eigenvalue weighted by atomic mass is 10.2. The molecule has 174 valence electrons. The fourth-order valence-electron chi connectivity index (χ4n) is 3.08. The number of rotatable bonds is 10. The molecule has 0 fully saturated rings. The summed E-state index contributed by atoms with van der Waals surface area (Å²) in [6.07, 6.45) is 0. The molecule has 0 aliphatic carbocycles. The van der Waals surface area contributed by atoms with Crippen molar-refractivity contribution in [1.82, 2.24) is 5.32 Å². The van der Waals surface area contributed by atoms with Crippen molar-refractivity contribution in [2.45, 2.75) is 18.7 Å². The third-order valence-corrected chi connectivity index (χ3v) is 6.76. The monoisotopic (exact) mass is 468 g/mol. The highest BCUT2D eigenvalue weighted by atomic mass is 32.2. The molecule has 0 radical (unpaired) electrons. The van der Waals surface area contributed by atoms with Crippen LogP contribution in [-0.4, -0.2) is 41.1 Å². The van der Waals surface area contributed by atoms with Crippen LogP contribution in [0.2, 0.25) is 0 Å². The second kappa shape index (κ2) is 10.9. The van der Waals surface area contributed by atoms with Crippen molar-refractivity contribution in [3.8, 4) is 11.5 Å². The molecule has 1 amide bonds. The molecule has 0 saturated heterocycles. The quantitative estimate of drug-likeness (QED) is 0.459. The molecule has 0 atom stereocenters. The Morgan fingerprint density at radius 2 is 1.39 bits per heavy atom. The highest BCUT2D eigenvalue weighted by molar-refractivity contribution is 7.92. The number of nitrogens with zero attached hydrogens (tertiary/aromatic N) is 1. The smallest absolute Gasteiger partial charge is 0.264 e.